The van der Waals surface area contributed by atoms with Crippen LogP contribution in [0.4, 0.5) is 0 Å². The van der Waals surface area contributed by atoms with Crippen molar-refractivity contribution in [1.29, 1.82) is 0 Å². The fourth-order valence-electron chi connectivity index (χ4n) is 2.06. The van der Waals surface area contributed by atoms with Crippen LogP contribution in [0.15, 0.2) is 52.7 Å². The van der Waals surface area contributed by atoms with Crippen molar-refractivity contribution in [1.82, 2.24) is 0 Å². The van der Waals surface area contributed by atoms with E-state index < -0.39 is 5.97 Å². The molecule has 0 N–H and O–H groups in total. The molecule has 0 fully saturated rings. The number of carbonyl (C=O) groups excluding carboxylic acids is 2. The lowest BCUT2D eigenvalue weighted by atomic mass is 10.1. The Morgan fingerprint density at radius 1 is 1.05 bits per heavy atom. The number of hydrogen-bond donors (Lipinski definition) is 0. The zero-order valence-corrected chi connectivity index (χ0v) is 13.5. The molecule has 1 aromatic rings. The lowest BCUT2D eigenvalue weighted by molar-refractivity contribution is -0.137. The number of allylic oxidation sites excluding steroid dienone is 3. The summed E-state index contributed by atoms with van der Waals surface area (Å²) in [6.45, 7) is 1.59. The molecule has 0 radical (unpaired) electrons. The number of carbonyl (C=O) groups is 2. The second kappa shape index (κ2) is 6.06. The zero-order chi connectivity index (χ0) is 15.7. The average Bonchev–Trinajstić information content (AvgIpc) is 2.96. The molecule has 6 heteroatoms. The molecule has 0 spiro atoms. The molecule has 22 heavy (non-hydrogen) atoms. The molecule has 0 saturated heterocycles. The first kappa shape index (κ1) is 15.0. The van der Waals surface area contributed by atoms with E-state index in [1.54, 1.807) is 14.0 Å². The van der Waals surface area contributed by atoms with Gasteiger partial charge in [0.1, 0.15) is 17.1 Å². The van der Waals surface area contributed by atoms with E-state index in [9.17, 15) is 9.59 Å². The summed E-state index contributed by atoms with van der Waals surface area (Å²) in [5, 5.41) is 0. The van der Waals surface area contributed by atoms with E-state index in [0.29, 0.717) is 10.7 Å². The highest BCUT2D eigenvalue weighted by atomic mass is 33.1. The maximum absolute atomic E-state index is 12.0. The van der Waals surface area contributed by atoms with Crippen molar-refractivity contribution >= 4 is 38.2 Å². The molecule has 2 aliphatic heterocycles. The molecule has 2 heterocycles. The number of hydrogen-bond acceptors (Lipinski definition) is 6. The normalized spacial score (nSPS) is 21.4. The summed E-state index contributed by atoms with van der Waals surface area (Å²) in [5.74, 6) is 0.226. The Morgan fingerprint density at radius 3 is 2.41 bits per heavy atom. The van der Waals surface area contributed by atoms with Crippen LogP contribution in [-0.4, -0.2) is 18.9 Å². The van der Waals surface area contributed by atoms with Gasteiger partial charge in [-0.05, 0) is 30.7 Å². The number of ether oxygens (including phenoxy) is 2. The molecule has 1 aromatic carbocycles. The maximum atomic E-state index is 12.0. The number of ketones is 1. The highest BCUT2D eigenvalue weighted by Crippen LogP contribution is 2.51. The molecule has 4 nitrogen and oxygen atoms in total. The lowest BCUT2D eigenvalue weighted by Gasteiger charge is -2.12. The van der Waals surface area contributed by atoms with Crippen LogP contribution in [-0.2, 0) is 14.3 Å². The molecule has 112 valence electrons. The Bertz CT molecular complexity index is 742. The third-order valence-electron chi connectivity index (χ3n) is 3.14. The van der Waals surface area contributed by atoms with Gasteiger partial charge in [-0.1, -0.05) is 33.7 Å². The largest absolute Gasteiger partial charge is 0.497 e. The molecule has 0 saturated carbocycles. The van der Waals surface area contributed by atoms with Crippen molar-refractivity contribution in [2.24, 2.45) is 0 Å². The van der Waals surface area contributed by atoms with Crippen LogP contribution in [0.3, 0.4) is 0 Å². The van der Waals surface area contributed by atoms with E-state index >= 15 is 0 Å². The smallest absolute Gasteiger partial charge is 0.348 e. The first-order valence-electron chi connectivity index (χ1n) is 6.48. The Balaban J connectivity index is 1.95. The molecule has 0 aromatic heterocycles. The van der Waals surface area contributed by atoms with Gasteiger partial charge in [0, 0.05) is 15.9 Å². The average molecular weight is 332 g/mol. The van der Waals surface area contributed by atoms with Crippen molar-refractivity contribution in [3.05, 3.63) is 58.2 Å². The summed E-state index contributed by atoms with van der Waals surface area (Å²) < 4.78 is 10.2. The molecule has 0 bridgehead atoms. The lowest BCUT2D eigenvalue weighted by Crippen LogP contribution is -2.20. The minimum absolute atomic E-state index is 0.103. The van der Waals surface area contributed by atoms with Crippen LogP contribution in [0, 0.1) is 0 Å². The minimum atomic E-state index is -0.583. The summed E-state index contributed by atoms with van der Waals surface area (Å²) in [4.78, 5) is 25.6. The van der Waals surface area contributed by atoms with Gasteiger partial charge in [0.2, 0.25) is 0 Å². The number of benzene rings is 1. The second-order valence-electron chi connectivity index (χ2n) is 4.65. The zero-order valence-electron chi connectivity index (χ0n) is 11.9. The quantitative estimate of drug-likeness (QED) is 0.356. The molecule has 0 unspecified atom stereocenters. The minimum Gasteiger partial charge on any atom is -0.497 e. The van der Waals surface area contributed by atoms with Crippen LogP contribution in [0.1, 0.15) is 12.5 Å². The Hall–Kier alpha value is -1.92. The summed E-state index contributed by atoms with van der Waals surface area (Å²) in [6.07, 6.45) is 3.19. The van der Waals surface area contributed by atoms with Crippen molar-refractivity contribution in [3.63, 3.8) is 0 Å². The van der Waals surface area contributed by atoms with E-state index in [0.717, 1.165) is 16.2 Å². The van der Waals surface area contributed by atoms with E-state index in [2.05, 4.69) is 0 Å². The molecule has 0 atom stereocenters. The van der Waals surface area contributed by atoms with Gasteiger partial charge in [-0.25, -0.2) is 4.79 Å². The standard InChI is InChI=1S/C16H12O4S2/c1-9-7-12(17)15(16(18)20-9)14-8-13(21-22-14)10-3-5-11(19-2)6-4-10/h3-8H,1-2H3. The van der Waals surface area contributed by atoms with Crippen molar-refractivity contribution in [2.45, 2.75) is 6.92 Å². The van der Waals surface area contributed by atoms with Gasteiger partial charge in [0.15, 0.2) is 5.78 Å². The maximum Gasteiger partial charge on any atom is 0.348 e. The van der Waals surface area contributed by atoms with Gasteiger partial charge in [-0.3, -0.25) is 4.79 Å². The first-order chi connectivity index (χ1) is 10.6. The SMILES string of the molecule is COc1ccc(C2=CC(=C3C(=O)C=C(C)OC3=O)SS2)cc1. The number of rotatable bonds is 2. The van der Waals surface area contributed by atoms with Gasteiger partial charge >= 0.3 is 5.97 Å². The Morgan fingerprint density at radius 2 is 1.77 bits per heavy atom. The highest BCUT2D eigenvalue weighted by Gasteiger charge is 2.30. The van der Waals surface area contributed by atoms with Gasteiger partial charge in [0.05, 0.1) is 7.11 Å². The summed E-state index contributed by atoms with van der Waals surface area (Å²) in [7, 11) is 4.52. The van der Waals surface area contributed by atoms with Crippen LogP contribution >= 0.6 is 21.6 Å². The third-order valence-corrected chi connectivity index (χ3v) is 5.59. The number of methoxy groups -OCH3 is 1. The molecule has 2 aliphatic rings. The van der Waals surface area contributed by atoms with E-state index in [-0.39, 0.29) is 11.4 Å². The predicted octanol–water partition coefficient (Wildman–Crippen LogP) is 3.71. The third kappa shape index (κ3) is 2.84. The summed E-state index contributed by atoms with van der Waals surface area (Å²) in [5.41, 5.74) is 1.11. The van der Waals surface area contributed by atoms with Crippen molar-refractivity contribution in [2.75, 3.05) is 7.11 Å². The highest BCUT2D eigenvalue weighted by molar-refractivity contribution is 8.82. The fourth-order valence-corrected chi connectivity index (χ4v) is 4.52. The van der Waals surface area contributed by atoms with Crippen LogP contribution in [0.25, 0.3) is 4.91 Å². The van der Waals surface area contributed by atoms with Gasteiger partial charge < -0.3 is 9.47 Å². The molecule has 3 rings (SSSR count). The van der Waals surface area contributed by atoms with Crippen LogP contribution in [0.2, 0.25) is 0 Å². The monoisotopic (exact) mass is 332 g/mol. The van der Waals surface area contributed by atoms with Gasteiger partial charge in [0.25, 0.3) is 0 Å². The first-order valence-corrected chi connectivity index (χ1v) is 8.63. The predicted molar refractivity (Wildman–Crippen MR) is 88.0 cm³/mol. The van der Waals surface area contributed by atoms with E-state index in [1.165, 1.54) is 27.7 Å². The van der Waals surface area contributed by atoms with Gasteiger partial charge in [-0.2, -0.15) is 0 Å². The number of esters is 1. The van der Waals surface area contributed by atoms with E-state index in [1.807, 2.05) is 30.3 Å². The molecule has 0 amide bonds. The van der Waals surface area contributed by atoms with Gasteiger partial charge in [-0.15, -0.1) is 0 Å². The van der Waals surface area contributed by atoms with E-state index in [4.69, 9.17) is 9.47 Å². The van der Waals surface area contributed by atoms with Crippen LogP contribution < -0.4 is 4.74 Å². The molecular formula is C16H12O4S2. The molecular weight excluding hydrogens is 320 g/mol. The van der Waals surface area contributed by atoms with Crippen molar-refractivity contribution in [3.8, 4) is 5.75 Å². The Kier molecular flexibility index (Phi) is 4.13. The number of cyclic esters (lactones) is 1. The van der Waals surface area contributed by atoms with Crippen molar-refractivity contribution < 1.29 is 19.1 Å². The summed E-state index contributed by atoms with van der Waals surface area (Å²) >= 11 is 0. The van der Waals surface area contributed by atoms with Crippen LogP contribution in [0.5, 0.6) is 5.75 Å². The second-order valence-corrected chi connectivity index (χ2v) is 6.86. The summed E-state index contributed by atoms with van der Waals surface area (Å²) in [6, 6.07) is 7.63. The topological polar surface area (TPSA) is 52.6 Å². The fraction of sp³-hybridized carbons (Fsp3) is 0.125. The molecule has 0 aliphatic carbocycles. The Labute approximate surface area is 135 Å².